The summed E-state index contributed by atoms with van der Waals surface area (Å²) in [6.45, 7) is -0.794. The van der Waals surface area contributed by atoms with Crippen LogP contribution in [0, 0.1) is 0 Å². The number of ether oxygens (including phenoxy) is 1. The molecule has 5 atom stereocenters. The Bertz CT molecular complexity index is 714. The van der Waals surface area contributed by atoms with Crippen molar-refractivity contribution in [1.82, 2.24) is 9.13 Å². The van der Waals surface area contributed by atoms with Gasteiger partial charge in [0.2, 0.25) is 0 Å². The van der Waals surface area contributed by atoms with Crippen molar-refractivity contribution in [3.63, 3.8) is 0 Å². The topological polar surface area (TPSA) is 177 Å². The Morgan fingerprint density at radius 3 is 2.54 bits per heavy atom. The molecule has 2 rings (SSSR count). The number of nitrogens with zero attached hydrogens (tertiary/aromatic N) is 2. The van der Waals surface area contributed by atoms with Gasteiger partial charge in [0.1, 0.15) is 24.4 Å². The van der Waals surface area contributed by atoms with Gasteiger partial charge >= 0.3 is 11.7 Å². The summed E-state index contributed by atoms with van der Waals surface area (Å²) in [5.74, 6) is -1.26. The maximum Gasteiger partial charge on any atom is 0.333 e. The Balaban J connectivity index is 2.30. The Kier molecular flexibility index (Phi) is 5.51. The fourth-order valence-corrected chi connectivity index (χ4v) is 2.43. The molecule has 1 aromatic heterocycles. The van der Waals surface area contributed by atoms with E-state index in [4.69, 9.17) is 20.7 Å². The number of carbonyl (C=O) groups is 1. The van der Waals surface area contributed by atoms with Gasteiger partial charge in [-0.1, -0.05) is 0 Å². The minimum atomic E-state index is -1.48. The van der Waals surface area contributed by atoms with E-state index in [1.165, 1.54) is 0 Å². The summed E-state index contributed by atoms with van der Waals surface area (Å²) in [5.41, 5.74) is 3.83. The highest BCUT2D eigenvalue weighted by Gasteiger charge is 2.43. The first-order valence-corrected chi connectivity index (χ1v) is 7.20. The lowest BCUT2D eigenvalue weighted by molar-refractivity contribution is -0.138. The van der Waals surface area contributed by atoms with Gasteiger partial charge in [-0.25, -0.2) is 4.79 Å². The average Bonchev–Trinajstić information content (AvgIpc) is 2.82. The zero-order valence-corrected chi connectivity index (χ0v) is 12.6. The number of aliphatic hydroxyl groups is 3. The molecule has 2 heterocycles. The molecular formula is C13H19N3O8. The smallest absolute Gasteiger partial charge is 0.333 e. The average molecular weight is 345 g/mol. The van der Waals surface area contributed by atoms with E-state index in [2.05, 4.69) is 0 Å². The fraction of sp³-hybridized carbons (Fsp3) is 0.615. The summed E-state index contributed by atoms with van der Waals surface area (Å²) in [4.78, 5) is 34.9. The van der Waals surface area contributed by atoms with Gasteiger partial charge in [-0.05, 0) is 6.42 Å². The molecule has 6 N–H and O–H groups in total. The van der Waals surface area contributed by atoms with Crippen LogP contribution in [0.3, 0.4) is 0 Å². The van der Waals surface area contributed by atoms with Gasteiger partial charge in [0.05, 0.1) is 6.61 Å². The van der Waals surface area contributed by atoms with Crippen LogP contribution in [0.1, 0.15) is 12.6 Å². The van der Waals surface area contributed by atoms with Crippen LogP contribution in [0.5, 0.6) is 0 Å². The fourth-order valence-electron chi connectivity index (χ4n) is 2.43. The normalized spacial score (nSPS) is 28.0. The van der Waals surface area contributed by atoms with Crippen LogP contribution in [0.4, 0.5) is 0 Å². The Morgan fingerprint density at radius 1 is 1.33 bits per heavy atom. The molecule has 1 aliphatic heterocycles. The summed E-state index contributed by atoms with van der Waals surface area (Å²) in [6, 6.07) is -0.193. The van der Waals surface area contributed by atoms with E-state index in [1.54, 1.807) is 0 Å². The van der Waals surface area contributed by atoms with Crippen LogP contribution < -0.4 is 17.0 Å². The first-order valence-electron chi connectivity index (χ1n) is 7.20. The van der Waals surface area contributed by atoms with Crippen molar-refractivity contribution in [3.8, 4) is 0 Å². The molecule has 0 radical (unpaired) electrons. The van der Waals surface area contributed by atoms with Gasteiger partial charge in [-0.3, -0.25) is 18.7 Å². The predicted octanol–water partition coefficient (Wildman–Crippen LogP) is -3.58. The highest BCUT2D eigenvalue weighted by Crippen LogP contribution is 2.27. The number of hydrogen-bond donors (Lipinski definition) is 5. The van der Waals surface area contributed by atoms with Crippen LogP contribution in [0.15, 0.2) is 21.9 Å². The Hall–Kier alpha value is -2.05. The molecule has 0 aromatic carbocycles. The summed E-state index contributed by atoms with van der Waals surface area (Å²) < 4.78 is 6.90. The summed E-state index contributed by atoms with van der Waals surface area (Å²) in [7, 11) is 0. The van der Waals surface area contributed by atoms with Crippen molar-refractivity contribution < 1.29 is 30.0 Å². The number of rotatable bonds is 6. The minimum absolute atomic E-state index is 0.148. The molecule has 0 aliphatic carbocycles. The first-order chi connectivity index (χ1) is 11.3. The Labute approximate surface area is 135 Å². The molecule has 11 heteroatoms. The lowest BCUT2D eigenvalue weighted by atomic mass is 10.1. The SMILES string of the molecule is N[C@@H](CCn1c(=O)ccn([C@@H]2O[C@H](CO)[C@@H](O)[C@H]2O)c1=O)C(=O)O. The number of carboxylic acids is 1. The van der Waals surface area contributed by atoms with Gasteiger partial charge in [-0.15, -0.1) is 0 Å². The van der Waals surface area contributed by atoms with Gasteiger partial charge in [0.15, 0.2) is 6.23 Å². The van der Waals surface area contributed by atoms with Crippen molar-refractivity contribution in [3.05, 3.63) is 33.1 Å². The van der Waals surface area contributed by atoms with Crippen molar-refractivity contribution in [2.24, 2.45) is 5.73 Å². The van der Waals surface area contributed by atoms with E-state index in [1.807, 2.05) is 0 Å². The second-order valence-corrected chi connectivity index (χ2v) is 5.46. The zero-order chi connectivity index (χ0) is 18.0. The van der Waals surface area contributed by atoms with Crippen molar-refractivity contribution >= 4 is 5.97 Å². The van der Waals surface area contributed by atoms with Crippen molar-refractivity contribution in [1.29, 1.82) is 0 Å². The molecule has 0 spiro atoms. The molecular weight excluding hydrogens is 326 g/mol. The molecule has 1 fully saturated rings. The van der Waals surface area contributed by atoms with Gasteiger partial charge in [0, 0.05) is 18.8 Å². The van der Waals surface area contributed by atoms with Crippen LogP contribution >= 0.6 is 0 Å². The number of aliphatic carboxylic acids is 1. The molecule has 1 aromatic rings. The second kappa shape index (κ2) is 7.23. The van der Waals surface area contributed by atoms with Gasteiger partial charge < -0.3 is 30.9 Å². The predicted molar refractivity (Wildman–Crippen MR) is 78.2 cm³/mol. The van der Waals surface area contributed by atoms with Gasteiger partial charge in [-0.2, -0.15) is 0 Å². The van der Waals surface area contributed by atoms with Crippen LogP contribution in [0.2, 0.25) is 0 Å². The molecule has 1 aliphatic rings. The van der Waals surface area contributed by atoms with Crippen LogP contribution in [-0.2, 0) is 16.1 Å². The van der Waals surface area contributed by atoms with E-state index in [0.29, 0.717) is 0 Å². The molecule has 0 saturated carbocycles. The van der Waals surface area contributed by atoms with E-state index in [9.17, 15) is 24.6 Å². The summed E-state index contributed by atoms with van der Waals surface area (Å²) >= 11 is 0. The maximum atomic E-state index is 12.4. The van der Waals surface area contributed by atoms with Crippen molar-refractivity contribution in [2.75, 3.05) is 6.61 Å². The maximum absolute atomic E-state index is 12.4. The Morgan fingerprint density at radius 2 is 2.00 bits per heavy atom. The van der Waals surface area contributed by atoms with E-state index < -0.39 is 54.4 Å². The number of aliphatic hydroxyl groups excluding tert-OH is 3. The third kappa shape index (κ3) is 3.39. The first kappa shape index (κ1) is 18.3. The number of nitrogens with two attached hydrogens (primary N) is 1. The lowest BCUT2D eigenvalue weighted by Crippen LogP contribution is -2.44. The van der Waals surface area contributed by atoms with Gasteiger partial charge in [0.25, 0.3) is 5.56 Å². The standard InChI is InChI=1S/C13H19N3O8/c14-6(12(21)22)1-3-15-8(18)2-4-16(13(15)23)11-10(20)9(19)7(5-17)24-11/h2,4,6-7,9-11,17,19-20H,1,3,5,14H2,(H,21,22)/t6-,7+,9+,10+,11+/m0/s1. The summed E-state index contributed by atoms with van der Waals surface area (Å²) in [6.07, 6.45) is -4.29. The zero-order valence-electron chi connectivity index (χ0n) is 12.6. The van der Waals surface area contributed by atoms with Crippen molar-refractivity contribution in [2.45, 2.75) is 43.5 Å². The van der Waals surface area contributed by atoms with Crippen LogP contribution in [-0.4, -0.2) is 66.5 Å². The number of hydrogen-bond acceptors (Lipinski definition) is 8. The molecule has 1 saturated heterocycles. The molecule has 0 amide bonds. The largest absolute Gasteiger partial charge is 0.480 e. The molecule has 134 valence electrons. The highest BCUT2D eigenvalue weighted by atomic mass is 16.6. The molecule has 24 heavy (non-hydrogen) atoms. The van der Waals surface area contributed by atoms with E-state index in [-0.39, 0.29) is 13.0 Å². The highest BCUT2D eigenvalue weighted by molar-refractivity contribution is 5.72. The third-order valence-corrected chi connectivity index (χ3v) is 3.87. The van der Waals surface area contributed by atoms with E-state index in [0.717, 1.165) is 21.4 Å². The quantitative estimate of drug-likeness (QED) is 0.349. The lowest BCUT2D eigenvalue weighted by Gasteiger charge is -2.19. The molecule has 11 nitrogen and oxygen atoms in total. The molecule has 0 unspecified atom stereocenters. The number of carboxylic acid groups (broad SMARTS) is 1. The molecule has 0 bridgehead atoms. The minimum Gasteiger partial charge on any atom is -0.480 e. The van der Waals surface area contributed by atoms with E-state index >= 15 is 0 Å². The summed E-state index contributed by atoms with van der Waals surface area (Å²) in [5, 5.41) is 37.5. The second-order valence-electron chi connectivity index (χ2n) is 5.46. The van der Waals surface area contributed by atoms with Crippen LogP contribution in [0.25, 0.3) is 0 Å². The number of aromatic nitrogens is 2. The third-order valence-electron chi connectivity index (χ3n) is 3.87. The monoisotopic (exact) mass is 345 g/mol.